The van der Waals surface area contributed by atoms with E-state index in [0.29, 0.717) is 43.4 Å². The van der Waals surface area contributed by atoms with Crippen LogP contribution < -0.4 is 5.32 Å². The minimum absolute atomic E-state index is 0.107. The summed E-state index contributed by atoms with van der Waals surface area (Å²) in [6.07, 6.45) is 3.90. The van der Waals surface area contributed by atoms with Crippen LogP contribution in [0.1, 0.15) is 35.8 Å². The van der Waals surface area contributed by atoms with Gasteiger partial charge in [-0.15, -0.1) is 11.3 Å². The molecule has 1 aromatic rings. The first-order valence-corrected chi connectivity index (χ1v) is 9.92. The zero-order valence-corrected chi connectivity index (χ0v) is 15.9. The predicted molar refractivity (Wildman–Crippen MR) is 99.3 cm³/mol. The summed E-state index contributed by atoms with van der Waals surface area (Å²) in [6, 6.07) is 2.27. The fourth-order valence-corrected chi connectivity index (χ4v) is 4.70. The number of carbonyl (C=O) groups excluding carboxylic acids is 2. The van der Waals surface area contributed by atoms with Crippen molar-refractivity contribution in [3.05, 3.63) is 16.0 Å². The van der Waals surface area contributed by atoms with Crippen LogP contribution in [0.2, 0.25) is 0 Å². The number of nitriles is 1. The maximum absolute atomic E-state index is 12.4. The third-order valence-corrected chi connectivity index (χ3v) is 6.01. The number of ether oxygens (including phenoxy) is 1. The van der Waals surface area contributed by atoms with Crippen molar-refractivity contribution < 1.29 is 14.3 Å². The van der Waals surface area contributed by atoms with Crippen molar-refractivity contribution in [1.82, 2.24) is 9.80 Å². The van der Waals surface area contributed by atoms with Crippen LogP contribution in [0.25, 0.3) is 0 Å². The number of aryl methyl sites for hydroxylation is 1. The van der Waals surface area contributed by atoms with Gasteiger partial charge in [-0.1, -0.05) is 0 Å². The van der Waals surface area contributed by atoms with Crippen molar-refractivity contribution in [1.29, 1.82) is 5.26 Å². The zero-order chi connectivity index (χ0) is 18.5. The van der Waals surface area contributed by atoms with Crippen LogP contribution in [0.15, 0.2) is 0 Å². The molecule has 1 aromatic heterocycles. The van der Waals surface area contributed by atoms with Gasteiger partial charge in [0.05, 0.1) is 18.7 Å². The van der Waals surface area contributed by atoms with E-state index in [1.165, 1.54) is 4.88 Å². The third-order valence-electron chi connectivity index (χ3n) is 4.80. The number of nitrogens with zero attached hydrogens (tertiary/aromatic N) is 3. The number of thiophene rings is 1. The van der Waals surface area contributed by atoms with Crippen molar-refractivity contribution in [3.8, 4) is 6.07 Å². The molecule has 26 heavy (non-hydrogen) atoms. The largest absolute Gasteiger partial charge is 0.450 e. The van der Waals surface area contributed by atoms with Gasteiger partial charge in [0.2, 0.25) is 5.91 Å². The van der Waals surface area contributed by atoms with Crippen LogP contribution in [-0.4, -0.2) is 61.1 Å². The fourth-order valence-electron chi connectivity index (χ4n) is 3.44. The molecule has 0 radical (unpaired) electrons. The molecule has 2 heterocycles. The Bertz CT molecular complexity index is 717. The van der Waals surface area contributed by atoms with Crippen molar-refractivity contribution in [2.24, 2.45) is 0 Å². The fraction of sp³-hybridized carbons (Fsp3) is 0.611. The molecule has 140 valence electrons. The van der Waals surface area contributed by atoms with Gasteiger partial charge in [-0.25, -0.2) is 4.79 Å². The summed E-state index contributed by atoms with van der Waals surface area (Å²) in [5, 5.41) is 13.1. The average molecular weight is 376 g/mol. The van der Waals surface area contributed by atoms with E-state index >= 15 is 0 Å². The molecule has 0 aromatic carbocycles. The highest BCUT2D eigenvalue weighted by molar-refractivity contribution is 7.16. The Labute approximate surface area is 157 Å². The number of hydrogen-bond donors (Lipinski definition) is 1. The molecule has 1 fully saturated rings. The Morgan fingerprint density at radius 2 is 1.96 bits per heavy atom. The summed E-state index contributed by atoms with van der Waals surface area (Å²) < 4.78 is 5.00. The zero-order valence-electron chi connectivity index (χ0n) is 15.0. The molecule has 7 nitrogen and oxygen atoms in total. The highest BCUT2D eigenvalue weighted by atomic mass is 32.1. The Balaban J connectivity index is 1.53. The summed E-state index contributed by atoms with van der Waals surface area (Å²) in [7, 11) is 0. The first kappa shape index (κ1) is 18.7. The van der Waals surface area contributed by atoms with Crippen molar-refractivity contribution in [2.75, 3.05) is 44.6 Å². The molecule has 8 heteroatoms. The van der Waals surface area contributed by atoms with Crippen LogP contribution in [0.5, 0.6) is 0 Å². The molecule has 1 aliphatic heterocycles. The molecule has 0 unspecified atom stereocenters. The summed E-state index contributed by atoms with van der Waals surface area (Å²) in [6.45, 7) is 4.82. The number of carbonyl (C=O) groups is 2. The number of piperazine rings is 1. The lowest BCUT2D eigenvalue weighted by molar-refractivity contribution is -0.117. The standard InChI is InChI=1S/C18H24N4O3S/c1-2-25-18(24)22-9-7-21(8-10-22)12-16(23)20-17-14(11-19)13-5-3-4-6-15(13)26-17/h2-10,12H2,1H3,(H,20,23). The van der Waals surface area contributed by atoms with E-state index in [-0.39, 0.29) is 18.5 Å². The first-order chi connectivity index (χ1) is 12.6. The van der Waals surface area contributed by atoms with Crippen LogP contribution in [0.3, 0.4) is 0 Å². The number of fused-ring (bicyclic) bond motifs is 1. The number of amides is 2. The number of hydrogen-bond acceptors (Lipinski definition) is 6. The lowest BCUT2D eigenvalue weighted by Crippen LogP contribution is -2.50. The van der Waals surface area contributed by atoms with Crippen LogP contribution in [0.4, 0.5) is 9.80 Å². The van der Waals surface area contributed by atoms with E-state index < -0.39 is 0 Å². The molecule has 1 aliphatic carbocycles. The smallest absolute Gasteiger partial charge is 0.409 e. The monoisotopic (exact) mass is 376 g/mol. The quantitative estimate of drug-likeness (QED) is 0.871. The number of rotatable bonds is 4. The molecular formula is C18H24N4O3S. The second-order valence-electron chi connectivity index (χ2n) is 6.54. The molecule has 1 saturated heterocycles. The molecular weight excluding hydrogens is 352 g/mol. The van der Waals surface area contributed by atoms with Gasteiger partial charge in [0.15, 0.2) is 0 Å². The van der Waals surface area contributed by atoms with Gasteiger partial charge in [0.1, 0.15) is 11.1 Å². The minimum atomic E-state index is -0.292. The number of nitrogens with one attached hydrogen (secondary N) is 1. The molecule has 2 aliphatic rings. The van der Waals surface area contributed by atoms with Crippen LogP contribution >= 0.6 is 11.3 Å². The Morgan fingerprint density at radius 3 is 2.65 bits per heavy atom. The van der Waals surface area contributed by atoms with Crippen LogP contribution in [0, 0.1) is 11.3 Å². The van der Waals surface area contributed by atoms with E-state index in [1.807, 2.05) is 4.90 Å². The summed E-state index contributed by atoms with van der Waals surface area (Å²) >= 11 is 1.54. The Morgan fingerprint density at radius 1 is 1.23 bits per heavy atom. The van der Waals surface area contributed by atoms with E-state index in [1.54, 1.807) is 23.2 Å². The molecule has 0 spiro atoms. The third kappa shape index (κ3) is 4.17. The molecule has 0 bridgehead atoms. The summed E-state index contributed by atoms with van der Waals surface area (Å²) in [4.78, 5) is 29.1. The highest BCUT2D eigenvalue weighted by Crippen LogP contribution is 2.37. The van der Waals surface area contributed by atoms with Gasteiger partial charge in [-0.3, -0.25) is 9.69 Å². The van der Waals surface area contributed by atoms with E-state index in [9.17, 15) is 14.9 Å². The van der Waals surface area contributed by atoms with Gasteiger partial charge >= 0.3 is 6.09 Å². The van der Waals surface area contributed by atoms with E-state index in [4.69, 9.17) is 4.74 Å². The van der Waals surface area contributed by atoms with E-state index in [0.717, 1.165) is 31.2 Å². The summed E-state index contributed by atoms with van der Waals surface area (Å²) in [5.74, 6) is -0.107. The van der Waals surface area contributed by atoms with Crippen molar-refractivity contribution in [2.45, 2.75) is 32.6 Å². The normalized spacial score (nSPS) is 17.3. The number of anilines is 1. The Kier molecular flexibility index (Phi) is 6.12. The predicted octanol–water partition coefficient (Wildman–Crippen LogP) is 2.21. The second-order valence-corrected chi connectivity index (χ2v) is 7.64. The van der Waals surface area contributed by atoms with Gasteiger partial charge in [0, 0.05) is 31.1 Å². The maximum atomic E-state index is 12.4. The molecule has 0 atom stereocenters. The Hall–Kier alpha value is -2.11. The highest BCUT2D eigenvalue weighted by Gasteiger charge is 2.25. The van der Waals surface area contributed by atoms with Gasteiger partial charge in [-0.05, 0) is 38.2 Å². The summed E-state index contributed by atoms with van der Waals surface area (Å²) in [5.41, 5.74) is 1.77. The SMILES string of the molecule is CCOC(=O)N1CCN(CC(=O)Nc2sc3c(c2C#N)CCCC3)CC1. The van der Waals surface area contributed by atoms with Gasteiger partial charge in [-0.2, -0.15) is 5.26 Å². The topological polar surface area (TPSA) is 85.7 Å². The average Bonchev–Trinajstić information content (AvgIpc) is 2.99. The molecule has 0 saturated carbocycles. The lowest BCUT2D eigenvalue weighted by Gasteiger charge is -2.33. The maximum Gasteiger partial charge on any atom is 0.409 e. The van der Waals surface area contributed by atoms with Gasteiger partial charge < -0.3 is 15.0 Å². The minimum Gasteiger partial charge on any atom is -0.450 e. The lowest BCUT2D eigenvalue weighted by atomic mass is 9.96. The molecule has 2 amide bonds. The molecule has 3 rings (SSSR count). The second kappa shape index (κ2) is 8.52. The van der Waals surface area contributed by atoms with Crippen molar-refractivity contribution >= 4 is 28.3 Å². The van der Waals surface area contributed by atoms with E-state index in [2.05, 4.69) is 11.4 Å². The van der Waals surface area contributed by atoms with Crippen LogP contribution in [-0.2, 0) is 22.4 Å². The molecule has 1 N–H and O–H groups in total. The first-order valence-electron chi connectivity index (χ1n) is 9.11. The van der Waals surface area contributed by atoms with Crippen molar-refractivity contribution in [3.63, 3.8) is 0 Å². The van der Waals surface area contributed by atoms with Gasteiger partial charge in [0.25, 0.3) is 0 Å².